The average molecular weight is 234 g/mol. The molecular formula is C11H14N4S. The molecule has 16 heavy (non-hydrogen) atoms. The van der Waals surface area contributed by atoms with Crippen molar-refractivity contribution < 1.29 is 0 Å². The first-order chi connectivity index (χ1) is 7.68. The number of hydrogen-bond donors (Lipinski definition) is 2. The molecule has 0 atom stereocenters. The minimum atomic E-state index is 0.528. The topological polar surface area (TPSA) is 63.8 Å². The molecule has 84 valence electrons. The van der Waals surface area contributed by atoms with E-state index in [1.54, 1.807) is 11.3 Å². The second-order valence-electron chi connectivity index (χ2n) is 3.61. The van der Waals surface area contributed by atoms with Crippen LogP contribution in [0.1, 0.15) is 16.0 Å². The van der Waals surface area contributed by atoms with Gasteiger partial charge < -0.3 is 11.1 Å². The van der Waals surface area contributed by atoms with Crippen LogP contribution in [0.3, 0.4) is 0 Å². The third-order valence-corrected chi connectivity index (χ3v) is 3.53. The van der Waals surface area contributed by atoms with Crippen molar-refractivity contribution in [2.45, 2.75) is 20.4 Å². The van der Waals surface area contributed by atoms with E-state index >= 15 is 0 Å². The van der Waals surface area contributed by atoms with Gasteiger partial charge in [-0.1, -0.05) is 0 Å². The van der Waals surface area contributed by atoms with Crippen LogP contribution in [-0.2, 0) is 6.54 Å². The summed E-state index contributed by atoms with van der Waals surface area (Å²) in [6.45, 7) is 4.80. The van der Waals surface area contributed by atoms with Crippen LogP contribution < -0.4 is 11.1 Å². The first-order valence-corrected chi connectivity index (χ1v) is 5.90. The number of anilines is 2. The van der Waals surface area contributed by atoms with Crippen molar-refractivity contribution in [1.82, 2.24) is 9.97 Å². The minimum Gasteiger partial charge on any atom is -0.383 e. The molecule has 0 radical (unpaired) electrons. The number of aromatic nitrogens is 2. The number of rotatable bonds is 3. The molecule has 2 aromatic rings. The maximum Gasteiger partial charge on any atom is 0.134 e. The maximum atomic E-state index is 5.71. The summed E-state index contributed by atoms with van der Waals surface area (Å²) in [4.78, 5) is 9.42. The second kappa shape index (κ2) is 4.49. The third kappa shape index (κ3) is 2.14. The molecule has 4 nitrogen and oxygen atoms in total. The van der Waals surface area contributed by atoms with Gasteiger partial charge in [-0.05, 0) is 30.9 Å². The Morgan fingerprint density at radius 2 is 2.19 bits per heavy atom. The minimum absolute atomic E-state index is 0.528. The molecule has 0 aromatic carbocycles. The van der Waals surface area contributed by atoms with Crippen LogP contribution in [0, 0.1) is 13.8 Å². The Hall–Kier alpha value is -1.62. The van der Waals surface area contributed by atoms with Crippen molar-refractivity contribution in [2.75, 3.05) is 11.1 Å². The Kier molecular flexibility index (Phi) is 3.05. The molecule has 0 bridgehead atoms. The zero-order valence-corrected chi connectivity index (χ0v) is 10.1. The number of thiophene rings is 1. The zero-order chi connectivity index (χ0) is 11.5. The summed E-state index contributed by atoms with van der Waals surface area (Å²) in [5.74, 6) is 1.33. The van der Waals surface area contributed by atoms with Gasteiger partial charge in [-0.15, -0.1) is 11.3 Å². The molecule has 2 aromatic heterocycles. The lowest BCUT2D eigenvalue weighted by Crippen LogP contribution is -2.05. The van der Waals surface area contributed by atoms with E-state index < -0.39 is 0 Å². The number of nitrogen functional groups attached to an aromatic ring is 1. The van der Waals surface area contributed by atoms with Gasteiger partial charge in [-0.25, -0.2) is 9.97 Å². The molecule has 0 saturated carbocycles. The lowest BCUT2D eigenvalue weighted by atomic mass is 10.3. The summed E-state index contributed by atoms with van der Waals surface area (Å²) in [5.41, 5.74) is 7.91. The van der Waals surface area contributed by atoms with Gasteiger partial charge >= 0.3 is 0 Å². The summed E-state index contributed by atoms with van der Waals surface area (Å²) in [6.07, 6.45) is 1.48. The van der Waals surface area contributed by atoms with Crippen molar-refractivity contribution >= 4 is 23.0 Å². The van der Waals surface area contributed by atoms with Crippen LogP contribution >= 0.6 is 11.3 Å². The number of nitrogens with two attached hydrogens (primary N) is 1. The van der Waals surface area contributed by atoms with Crippen molar-refractivity contribution in [3.05, 3.63) is 33.8 Å². The zero-order valence-electron chi connectivity index (χ0n) is 9.32. The van der Waals surface area contributed by atoms with Crippen LogP contribution in [0.4, 0.5) is 11.6 Å². The standard InChI is InChI=1S/C11H14N4S/c1-7-3-4-16-9(7)5-13-11-8(2)10(12)14-6-15-11/h3-4,6H,5H2,1-2H3,(H3,12,13,14,15). The van der Waals surface area contributed by atoms with E-state index in [-0.39, 0.29) is 0 Å². The Morgan fingerprint density at radius 1 is 1.38 bits per heavy atom. The summed E-state index contributed by atoms with van der Waals surface area (Å²) in [7, 11) is 0. The predicted molar refractivity (Wildman–Crippen MR) is 67.6 cm³/mol. The normalized spacial score (nSPS) is 10.4. The molecule has 0 spiro atoms. The second-order valence-corrected chi connectivity index (χ2v) is 4.61. The number of nitrogens with one attached hydrogen (secondary N) is 1. The van der Waals surface area contributed by atoms with Crippen LogP contribution in [-0.4, -0.2) is 9.97 Å². The largest absolute Gasteiger partial charge is 0.383 e. The van der Waals surface area contributed by atoms with Gasteiger partial charge in [-0.3, -0.25) is 0 Å². The van der Waals surface area contributed by atoms with E-state index in [0.29, 0.717) is 5.82 Å². The van der Waals surface area contributed by atoms with Crippen LogP contribution in [0.15, 0.2) is 17.8 Å². The summed E-state index contributed by atoms with van der Waals surface area (Å²) in [5, 5.41) is 5.37. The first-order valence-electron chi connectivity index (χ1n) is 5.02. The van der Waals surface area contributed by atoms with E-state index in [1.165, 1.54) is 16.8 Å². The molecule has 0 aliphatic heterocycles. The van der Waals surface area contributed by atoms with Crippen molar-refractivity contribution in [3.8, 4) is 0 Å². The maximum absolute atomic E-state index is 5.71. The van der Waals surface area contributed by atoms with Gasteiger partial charge in [0.2, 0.25) is 0 Å². The average Bonchev–Trinajstić information content (AvgIpc) is 2.67. The Labute approximate surface area is 98.6 Å². The van der Waals surface area contributed by atoms with Gasteiger partial charge in [0.25, 0.3) is 0 Å². The van der Waals surface area contributed by atoms with Crippen molar-refractivity contribution in [3.63, 3.8) is 0 Å². The number of hydrogen-bond acceptors (Lipinski definition) is 5. The molecule has 0 amide bonds. The Morgan fingerprint density at radius 3 is 2.88 bits per heavy atom. The van der Waals surface area contributed by atoms with Gasteiger partial charge in [0.05, 0.1) is 6.54 Å². The molecule has 0 aliphatic carbocycles. The fourth-order valence-corrected chi connectivity index (χ4v) is 2.24. The van der Waals surface area contributed by atoms with Gasteiger partial charge in [0.1, 0.15) is 18.0 Å². The lowest BCUT2D eigenvalue weighted by Gasteiger charge is -2.08. The summed E-state index contributed by atoms with van der Waals surface area (Å²) >= 11 is 1.74. The Balaban J connectivity index is 2.11. The molecule has 2 rings (SSSR count). The van der Waals surface area contributed by atoms with E-state index in [2.05, 4.69) is 33.7 Å². The molecule has 0 fully saturated rings. The molecular weight excluding hydrogens is 220 g/mol. The van der Waals surface area contributed by atoms with Gasteiger partial charge in [-0.2, -0.15) is 0 Å². The molecule has 3 N–H and O–H groups in total. The molecule has 5 heteroatoms. The first kappa shape index (κ1) is 10.9. The van der Waals surface area contributed by atoms with Crippen LogP contribution in [0.5, 0.6) is 0 Å². The summed E-state index contributed by atoms with van der Waals surface area (Å²) < 4.78 is 0. The highest BCUT2D eigenvalue weighted by molar-refractivity contribution is 7.10. The van der Waals surface area contributed by atoms with E-state index in [1.807, 2.05) is 6.92 Å². The molecule has 2 heterocycles. The number of nitrogens with zero attached hydrogens (tertiary/aromatic N) is 2. The fraction of sp³-hybridized carbons (Fsp3) is 0.273. The molecule has 0 aliphatic rings. The van der Waals surface area contributed by atoms with Crippen LogP contribution in [0.25, 0.3) is 0 Å². The smallest absolute Gasteiger partial charge is 0.134 e. The molecule has 0 unspecified atom stereocenters. The van der Waals surface area contributed by atoms with Crippen molar-refractivity contribution in [2.24, 2.45) is 0 Å². The predicted octanol–water partition coefficient (Wildman–Crippen LogP) is 2.35. The number of aryl methyl sites for hydroxylation is 1. The Bertz CT molecular complexity index is 492. The quantitative estimate of drug-likeness (QED) is 0.855. The van der Waals surface area contributed by atoms with E-state index in [9.17, 15) is 0 Å². The monoisotopic (exact) mass is 234 g/mol. The van der Waals surface area contributed by atoms with Gasteiger partial charge in [0.15, 0.2) is 0 Å². The lowest BCUT2D eigenvalue weighted by molar-refractivity contribution is 1.07. The highest BCUT2D eigenvalue weighted by Crippen LogP contribution is 2.19. The van der Waals surface area contributed by atoms with Crippen molar-refractivity contribution in [1.29, 1.82) is 0 Å². The SMILES string of the molecule is Cc1ccsc1CNc1ncnc(N)c1C. The highest BCUT2D eigenvalue weighted by Gasteiger charge is 2.05. The van der Waals surface area contributed by atoms with Crippen LogP contribution in [0.2, 0.25) is 0 Å². The third-order valence-electron chi connectivity index (χ3n) is 2.51. The molecule has 0 saturated heterocycles. The highest BCUT2D eigenvalue weighted by atomic mass is 32.1. The van der Waals surface area contributed by atoms with E-state index in [0.717, 1.165) is 17.9 Å². The van der Waals surface area contributed by atoms with Gasteiger partial charge in [0, 0.05) is 10.4 Å². The fourth-order valence-electron chi connectivity index (χ4n) is 1.39. The summed E-state index contributed by atoms with van der Waals surface area (Å²) in [6, 6.07) is 2.11. The van der Waals surface area contributed by atoms with E-state index in [4.69, 9.17) is 5.73 Å².